The van der Waals surface area contributed by atoms with Crippen LogP contribution in [0.4, 0.5) is 22.4 Å². The number of nitrogens with zero attached hydrogens (tertiary/aromatic N) is 5. The third-order valence-electron chi connectivity index (χ3n) is 4.81. The van der Waals surface area contributed by atoms with Gasteiger partial charge in [0.2, 0.25) is 5.95 Å². The first kappa shape index (κ1) is 19.4. The van der Waals surface area contributed by atoms with Gasteiger partial charge in [0.1, 0.15) is 11.4 Å². The summed E-state index contributed by atoms with van der Waals surface area (Å²) in [6.07, 6.45) is 1.34. The molecule has 4 rings (SSSR count). The van der Waals surface area contributed by atoms with Gasteiger partial charge in [-0.25, -0.2) is 9.78 Å². The van der Waals surface area contributed by atoms with Crippen LogP contribution < -0.4 is 10.2 Å². The van der Waals surface area contributed by atoms with Gasteiger partial charge in [0.05, 0.1) is 18.8 Å². The number of aryl methyl sites for hydroxylation is 1. The molecule has 0 spiro atoms. The van der Waals surface area contributed by atoms with Crippen molar-refractivity contribution in [3.63, 3.8) is 0 Å². The number of amides is 1. The fraction of sp³-hybridized carbons (Fsp3) is 0.579. The van der Waals surface area contributed by atoms with Crippen molar-refractivity contribution in [1.82, 2.24) is 25.1 Å². The summed E-state index contributed by atoms with van der Waals surface area (Å²) in [6, 6.07) is 3.60. The van der Waals surface area contributed by atoms with E-state index in [1.165, 1.54) is 0 Å². The van der Waals surface area contributed by atoms with Crippen molar-refractivity contribution in [2.24, 2.45) is 0 Å². The van der Waals surface area contributed by atoms with Gasteiger partial charge in [0.25, 0.3) is 0 Å². The lowest BCUT2D eigenvalue weighted by Gasteiger charge is -2.37. The zero-order chi connectivity index (χ0) is 20.6. The highest BCUT2D eigenvalue weighted by atomic mass is 16.6. The topological polar surface area (TPSA) is 108 Å². The van der Waals surface area contributed by atoms with Crippen LogP contribution in [0.25, 0.3) is 0 Å². The summed E-state index contributed by atoms with van der Waals surface area (Å²) >= 11 is 0. The molecule has 2 aliphatic rings. The second-order valence-corrected chi connectivity index (χ2v) is 8.33. The van der Waals surface area contributed by atoms with Crippen LogP contribution in [-0.2, 0) is 9.47 Å². The first-order valence-corrected chi connectivity index (χ1v) is 9.77. The van der Waals surface area contributed by atoms with Gasteiger partial charge < -0.3 is 19.7 Å². The molecule has 2 fully saturated rings. The van der Waals surface area contributed by atoms with E-state index in [9.17, 15) is 4.79 Å². The summed E-state index contributed by atoms with van der Waals surface area (Å²) in [5.41, 5.74) is 0.308. The van der Waals surface area contributed by atoms with E-state index in [4.69, 9.17) is 9.47 Å². The Kier molecular flexibility index (Phi) is 5.03. The maximum absolute atomic E-state index is 12.7. The minimum Gasteiger partial charge on any atom is -0.444 e. The standard InChI is InChI=1S/C19H27N7O3/c1-12-9-16(22-15-5-6-20-24-15)23-17(21-12)25-10-13-14(11-25)28-8-7-26(13)18(27)29-19(2,3)4/h5-6,9,13-14H,7-8,10-11H2,1-4H3,(H2,20,21,22,23,24)/t13-,14-/m1/s1. The normalized spacial score (nSPS) is 21.8. The van der Waals surface area contributed by atoms with Gasteiger partial charge in [-0.05, 0) is 27.7 Å². The molecule has 10 nitrogen and oxygen atoms in total. The molecule has 2 aromatic rings. The van der Waals surface area contributed by atoms with Crippen LogP contribution in [0.3, 0.4) is 0 Å². The highest BCUT2D eigenvalue weighted by Crippen LogP contribution is 2.28. The van der Waals surface area contributed by atoms with Gasteiger partial charge in [0, 0.05) is 43.7 Å². The first-order valence-electron chi connectivity index (χ1n) is 9.77. The van der Waals surface area contributed by atoms with Gasteiger partial charge in [-0.2, -0.15) is 10.1 Å². The highest BCUT2D eigenvalue weighted by Gasteiger charge is 2.44. The van der Waals surface area contributed by atoms with Crippen molar-refractivity contribution in [3.8, 4) is 0 Å². The number of ether oxygens (including phenoxy) is 2. The molecule has 4 heterocycles. The Balaban J connectivity index is 1.51. The molecule has 2 N–H and O–H groups in total. The van der Waals surface area contributed by atoms with E-state index in [0.717, 1.165) is 5.69 Å². The molecule has 10 heteroatoms. The Labute approximate surface area is 169 Å². The second kappa shape index (κ2) is 7.51. The number of aromatic nitrogens is 4. The van der Waals surface area contributed by atoms with E-state index in [0.29, 0.717) is 43.8 Å². The molecular formula is C19H27N7O3. The smallest absolute Gasteiger partial charge is 0.410 e. The number of H-pyrrole nitrogens is 1. The Morgan fingerprint density at radius 3 is 2.86 bits per heavy atom. The van der Waals surface area contributed by atoms with Gasteiger partial charge in [-0.15, -0.1) is 0 Å². The maximum Gasteiger partial charge on any atom is 0.410 e. The number of morpholine rings is 1. The summed E-state index contributed by atoms with van der Waals surface area (Å²) in [6.45, 7) is 9.77. The number of hydrogen-bond donors (Lipinski definition) is 2. The van der Waals surface area contributed by atoms with E-state index in [1.807, 2.05) is 39.8 Å². The molecule has 0 unspecified atom stereocenters. The van der Waals surface area contributed by atoms with Crippen molar-refractivity contribution >= 4 is 23.7 Å². The van der Waals surface area contributed by atoms with Crippen molar-refractivity contribution in [2.45, 2.75) is 45.4 Å². The predicted octanol–water partition coefficient (Wildman–Crippen LogP) is 2.08. The van der Waals surface area contributed by atoms with E-state index in [2.05, 4.69) is 30.4 Å². The molecule has 0 saturated carbocycles. The maximum atomic E-state index is 12.7. The number of aromatic amines is 1. The fourth-order valence-electron chi connectivity index (χ4n) is 3.62. The molecule has 2 atom stereocenters. The Morgan fingerprint density at radius 1 is 1.31 bits per heavy atom. The lowest BCUT2D eigenvalue weighted by molar-refractivity contribution is -0.0567. The molecule has 1 amide bonds. The van der Waals surface area contributed by atoms with E-state index in [1.54, 1.807) is 11.1 Å². The van der Waals surface area contributed by atoms with Crippen LogP contribution in [0.15, 0.2) is 18.3 Å². The predicted molar refractivity (Wildman–Crippen MR) is 107 cm³/mol. The summed E-state index contributed by atoms with van der Waals surface area (Å²) in [5.74, 6) is 1.95. The Hall–Kier alpha value is -2.88. The van der Waals surface area contributed by atoms with Crippen molar-refractivity contribution in [1.29, 1.82) is 0 Å². The average molecular weight is 401 g/mol. The van der Waals surface area contributed by atoms with Crippen LogP contribution >= 0.6 is 0 Å². The number of nitrogens with one attached hydrogen (secondary N) is 2. The zero-order valence-corrected chi connectivity index (χ0v) is 17.2. The van der Waals surface area contributed by atoms with E-state index in [-0.39, 0.29) is 18.2 Å². The van der Waals surface area contributed by atoms with Crippen molar-refractivity contribution < 1.29 is 14.3 Å². The number of carbonyl (C=O) groups is 1. The van der Waals surface area contributed by atoms with Gasteiger partial charge in [0.15, 0.2) is 5.82 Å². The molecule has 0 aromatic carbocycles. The summed E-state index contributed by atoms with van der Waals surface area (Å²) < 4.78 is 11.5. The molecule has 2 aliphatic heterocycles. The van der Waals surface area contributed by atoms with Crippen molar-refractivity contribution in [2.75, 3.05) is 36.5 Å². The number of carbonyl (C=O) groups excluding carboxylic acids is 1. The summed E-state index contributed by atoms with van der Waals surface area (Å²) in [4.78, 5) is 25.7. The minimum atomic E-state index is -0.532. The fourth-order valence-corrected chi connectivity index (χ4v) is 3.62. The Morgan fingerprint density at radius 2 is 2.14 bits per heavy atom. The summed E-state index contributed by atoms with van der Waals surface area (Å²) in [5, 5.41) is 10.0. The van der Waals surface area contributed by atoms with E-state index >= 15 is 0 Å². The quantitative estimate of drug-likeness (QED) is 0.805. The largest absolute Gasteiger partial charge is 0.444 e. The molecule has 0 radical (unpaired) electrons. The number of hydrogen-bond acceptors (Lipinski definition) is 8. The van der Waals surface area contributed by atoms with Crippen LogP contribution in [0.5, 0.6) is 0 Å². The molecule has 2 aromatic heterocycles. The van der Waals surface area contributed by atoms with E-state index < -0.39 is 5.60 Å². The zero-order valence-electron chi connectivity index (χ0n) is 17.2. The first-order chi connectivity index (χ1) is 13.8. The van der Waals surface area contributed by atoms with Crippen molar-refractivity contribution in [3.05, 3.63) is 24.0 Å². The second-order valence-electron chi connectivity index (χ2n) is 8.33. The third-order valence-corrected chi connectivity index (χ3v) is 4.81. The highest BCUT2D eigenvalue weighted by molar-refractivity contribution is 5.69. The molecule has 0 aliphatic carbocycles. The Bertz CT molecular complexity index is 865. The number of fused-ring (bicyclic) bond motifs is 1. The third kappa shape index (κ3) is 4.42. The molecule has 2 saturated heterocycles. The molecule has 156 valence electrons. The average Bonchev–Trinajstić information content (AvgIpc) is 3.28. The van der Waals surface area contributed by atoms with Gasteiger partial charge in [-0.3, -0.25) is 10.00 Å². The summed E-state index contributed by atoms with van der Waals surface area (Å²) in [7, 11) is 0. The van der Waals surface area contributed by atoms with Crippen LogP contribution in [0, 0.1) is 6.92 Å². The van der Waals surface area contributed by atoms with Crippen LogP contribution in [0.1, 0.15) is 26.5 Å². The van der Waals surface area contributed by atoms with Gasteiger partial charge in [-0.1, -0.05) is 0 Å². The molecule has 0 bridgehead atoms. The van der Waals surface area contributed by atoms with Crippen LogP contribution in [-0.4, -0.2) is 75.1 Å². The molecule has 29 heavy (non-hydrogen) atoms. The number of rotatable bonds is 3. The number of anilines is 3. The minimum absolute atomic E-state index is 0.0922. The van der Waals surface area contributed by atoms with Crippen LogP contribution in [0.2, 0.25) is 0 Å². The van der Waals surface area contributed by atoms with Gasteiger partial charge >= 0.3 is 6.09 Å². The monoisotopic (exact) mass is 401 g/mol. The lowest BCUT2D eigenvalue weighted by atomic mass is 10.1. The SMILES string of the molecule is Cc1cc(Nc2cc[nH]n2)nc(N2C[C@@H]3[C@@H](C2)OCCN3C(=O)OC(C)(C)C)n1. The molecular weight excluding hydrogens is 374 g/mol. The lowest BCUT2D eigenvalue weighted by Crippen LogP contribution is -2.54.